The molecule has 1 aromatic carbocycles. The number of carbonyl (C=O) groups excluding carboxylic acids is 1. The van der Waals surface area contributed by atoms with Gasteiger partial charge in [0.05, 0.1) is 11.7 Å². The van der Waals surface area contributed by atoms with Crippen LogP contribution in [0.2, 0.25) is 0 Å². The summed E-state index contributed by atoms with van der Waals surface area (Å²) in [6.07, 6.45) is 1.59. The van der Waals surface area contributed by atoms with Crippen LogP contribution in [0.4, 0.5) is 10.1 Å². The van der Waals surface area contributed by atoms with Gasteiger partial charge in [0.25, 0.3) is 0 Å². The molecule has 0 aromatic heterocycles. The number of hydrogen-bond donors (Lipinski definition) is 3. The van der Waals surface area contributed by atoms with Gasteiger partial charge in [0.15, 0.2) is 0 Å². The summed E-state index contributed by atoms with van der Waals surface area (Å²) in [6, 6.07) is 3.45. The van der Waals surface area contributed by atoms with Crippen LogP contribution in [0.3, 0.4) is 0 Å². The maximum absolute atomic E-state index is 13.4. The quantitative estimate of drug-likeness (QED) is 0.755. The van der Waals surface area contributed by atoms with E-state index < -0.39 is 17.3 Å². The fraction of sp³-hybridized carbons (Fsp3) is 0.333. The van der Waals surface area contributed by atoms with E-state index in [1.807, 2.05) is 0 Å². The number of anilines is 1. The van der Waals surface area contributed by atoms with Crippen molar-refractivity contribution in [1.29, 1.82) is 0 Å². The number of amides is 1. The Bertz CT molecular complexity index is 484. The zero-order valence-corrected chi connectivity index (χ0v) is 9.57. The average molecular weight is 252 g/mol. The van der Waals surface area contributed by atoms with Crippen LogP contribution in [0.15, 0.2) is 18.2 Å². The van der Waals surface area contributed by atoms with Gasteiger partial charge < -0.3 is 15.7 Å². The van der Waals surface area contributed by atoms with Crippen LogP contribution in [0.1, 0.15) is 23.2 Å². The molecule has 1 atom stereocenters. The molecule has 1 heterocycles. The van der Waals surface area contributed by atoms with Gasteiger partial charge in [-0.2, -0.15) is 0 Å². The Labute approximate surface area is 103 Å². The van der Waals surface area contributed by atoms with Crippen molar-refractivity contribution in [2.45, 2.75) is 18.9 Å². The predicted molar refractivity (Wildman–Crippen MR) is 63.0 cm³/mol. The van der Waals surface area contributed by atoms with E-state index in [9.17, 15) is 14.0 Å². The van der Waals surface area contributed by atoms with Crippen molar-refractivity contribution in [2.24, 2.45) is 0 Å². The normalized spacial score (nSPS) is 18.6. The summed E-state index contributed by atoms with van der Waals surface area (Å²) < 4.78 is 13.4. The largest absolute Gasteiger partial charge is 0.478 e. The Hall–Kier alpha value is -1.95. The Balaban J connectivity index is 2.20. The third-order valence-corrected chi connectivity index (χ3v) is 2.86. The van der Waals surface area contributed by atoms with Crippen molar-refractivity contribution in [1.82, 2.24) is 5.32 Å². The number of aromatic carboxylic acids is 1. The molecule has 1 aromatic rings. The molecule has 2 rings (SSSR count). The van der Waals surface area contributed by atoms with Gasteiger partial charge >= 0.3 is 5.97 Å². The summed E-state index contributed by atoms with van der Waals surface area (Å²) in [7, 11) is 0. The fourth-order valence-electron chi connectivity index (χ4n) is 1.97. The van der Waals surface area contributed by atoms with Gasteiger partial charge in [0.1, 0.15) is 11.4 Å². The maximum Gasteiger partial charge on any atom is 0.340 e. The lowest BCUT2D eigenvalue weighted by atomic mass is 10.1. The number of hydrogen-bond acceptors (Lipinski definition) is 3. The predicted octanol–water partition coefficient (Wildman–Crippen LogP) is 1.21. The number of rotatable bonds is 3. The molecule has 6 heteroatoms. The first-order valence-electron chi connectivity index (χ1n) is 5.65. The van der Waals surface area contributed by atoms with Gasteiger partial charge in [-0.3, -0.25) is 4.79 Å². The van der Waals surface area contributed by atoms with E-state index >= 15 is 0 Å². The molecule has 0 bridgehead atoms. The highest BCUT2D eigenvalue weighted by molar-refractivity contribution is 6.02. The molecule has 1 fully saturated rings. The van der Waals surface area contributed by atoms with Crippen LogP contribution in [-0.2, 0) is 4.79 Å². The second kappa shape index (κ2) is 5.14. The van der Waals surface area contributed by atoms with Crippen LogP contribution in [0, 0.1) is 5.82 Å². The summed E-state index contributed by atoms with van der Waals surface area (Å²) in [5.74, 6) is -2.59. The lowest BCUT2D eigenvalue weighted by Crippen LogP contribution is -2.36. The lowest BCUT2D eigenvalue weighted by molar-refractivity contribution is -0.117. The molecule has 0 spiro atoms. The first-order chi connectivity index (χ1) is 8.59. The number of benzene rings is 1. The van der Waals surface area contributed by atoms with Crippen LogP contribution in [0.25, 0.3) is 0 Å². The number of nitrogens with one attached hydrogen (secondary N) is 2. The first kappa shape index (κ1) is 12.5. The zero-order valence-electron chi connectivity index (χ0n) is 9.57. The number of carbonyl (C=O) groups is 2. The Morgan fingerprint density at radius 3 is 2.83 bits per heavy atom. The molecule has 1 aliphatic heterocycles. The second-order valence-electron chi connectivity index (χ2n) is 4.11. The van der Waals surface area contributed by atoms with Crippen LogP contribution >= 0.6 is 0 Å². The second-order valence-corrected chi connectivity index (χ2v) is 4.11. The Morgan fingerprint density at radius 1 is 1.44 bits per heavy atom. The van der Waals surface area contributed by atoms with E-state index in [2.05, 4.69) is 10.6 Å². The average Bonchev–Trinajstić information content (AvgIpc) is 2.81. The molecule has 5 nitrogen and oxygen atoms in total. The van der Waals surface area contributed by atoms with E-state index in [0.717, 1.165) is 19.0 Å². The van der Waals surface area contributed by atoms with E-state index in [0.29, 0.717) is 6.42 Å². The summed E-state index contributed by atoms with van der Waals surface area (Å²) >= 11 is 0. The van der Waals surface area contributed by atoms with Gasteiger partial charge in [-0.15, -0.1) is 0 Å². The van der Waals surface area contributed by atoms with Gasteiger partial charge in [-0.05, 0) is 31.5 Å². The maximum atomic E-state index is 13.4. The van der Waals surface area contributed by atoms with Crippen molar-refractivity contribution < 1.29 is 19.1 Å². The van der Waals surface area contributed by atoms with E-state index in [1.54, 1.807) is 0 Å². The van der Waals surface area contributed by atoms with E-state index in [-0.39, 0.29) is 17.6 Å². The summed E-state index contributed by atoms with van der Waals surface area (Å²) in [5.41, 5.74) is -0.523. The lowest BCUT2D eigenvalue weighted by Gasteiger charge is -2.13. The highest BCUT2D eigenvalue weighted by atomic mass is 19.1. The fourth-order valence-corrected chi connectivity index (χ4v) is 1.97. The van der Waals surface area contributed by atoms with Gasteiger partial charge in [-0.1, -0.05) is 6.07 Å². The third kappa shape index (κ3) is 2.48. The summed E-state index contributed by atoms with van der Waals surface area (Å²) in [6.45, 7) is 0.757. The molecule has 0 aliphatic carbocycles. The number of carboxylic acid groups (broad SMARTS) is 1. The highest BCUT2D eigenvalue weighted by Gasteiger charge is 2.24. The molecule has 96 valence electrons. The number of halogens is 1. The Kier molecular flexibility index (Phi) is 3.57. The molecule has 3 N–H and O–H groups in total. The standard InChI is InChI=1S/C12H13FN2O3/c13-7-3-1-4-8(10(7)12(17)18)15-11(16)9-5-2-6-14-9/h1,3-4,9,14H,2,5-6H2,(H,15,16)(H,17,18)/t9-/m1/s1. The molecule has 1 amide bonds. The molecule has 1 saturated heterocycles. The molecule has 0 radical (unpaired) electrons. The van der Waals surface area contributed by atoms with Gasteiger partial charge in [-0.25, -0.2) is 9.18 Å². The van der Waals surface area contributed by atoms with E-state index in [4.69, 9.17) is 5.11 Å². The molecule has 0 unspecified atom stereocenters. The molecule has 1 aliphatic rings. The Morgan fingerprint density at radius 2 is 2.22 bits per heavy atom. The minimum atomic E-state index is -1.40. The highest BCUT2D eigenvalue weighted by Crippen LogP contribution is 2.20. The SMILES string of the molecule is O=C(O)c1c(F)cccc1NC(=O)[C@H]1CCCN1. The van der Waals surface area contributed by atoms with Crippen LogP contribution < -0.4 is 10.6 Å². The minimum Gasteiger partial charge on any atom is -0.478 e. The topological polar surface area (TPSA) is 78.4 Å². The molecule has 0 saturated carbocycles. The van der Waals surface area contributed by atoms with Crippen LogP contribution in [-0.4, -0.2) is 29.6 Å². The molecular weight excluding hydrogens is 239 g/mol. The zero-order chi connectivity index (χ0) is 13.1. The van der Waals surface area contributed by atoms with Crippen molar-refractivity contribution in [3.63, 3.8) is 0 Å². The summed E-state index contributed by atoms with van der Waals surface area (Å²) in [5, 5.41) is 14.4. The third-order valence-electron chi connectivity index (χ3n) is 2.86. The van der Waals surface area contributed by atoms with Crippen LogP contribution in [0.5, 0.6) is 0 Å². The van der Waals surface area contributed by atoms with Crippen molar-refractivity contribution in [3.8, 4) is 0 Å². The van der Waals surface area contributed by atoms with Crippen molar-refractivity contribution in [2.75, 3.05) is 11.9 Å². The smallest absolute Gasteiger partial charge is 0.340 e. The monoisotopic (exact) mass is 252 g/mol. The van der Waals surface area contributed by atoms with Gasteiger partial charge in [0, 0.05) is 0 Å². The number of carboxylic acids is 1. The van der Waals surface area contributed by atoms with Gasteiger partial charge in [0.2, 0.25) is 5.91 Å². The van der Waals surface area contributed by atoms with Crippen molar-refractivity contribution >= 4 is 17.6 Å². The van der Waals surface area contributed by atoms with E-state index in [1.165, 1.54) is 12.1 Å². The summed E-state index contributed by atoms with van der Waals surface area (Å²) in [4.78, 5) is 22.8. The molecular formula is C12H13FN2O3. The van der Waals surface area contributed by atoms with Crippen molar-refractivity contribution in [3.05, 3.63) is 29.6 Å². The molecule has 18 heavy (non-hydrogen) atoms. The minimum absolute atomic E-state index is 0.0128. The first-order valence-corrected chi connectivity index (χ1v) is 5.65.